The number of nitro benzene ring substituents is 1. The number of nitrogens with zero attached hydrogens (tertiary/aromatic N) is 3. The molecule has 2 atom stereocenters. The fraction of sp³-hybridized carbons (Fsp3) is 0.444. The number of thiazole rings is 1. The Labute approximate surface area is 166 Å². The highest BCUT2D eigenvalue weighted by atomic mass is 32.1. The molecule has 2 heterocycles. The van der Waals surface area contributed by atoms with E-state index in [2.05, 4.69) is 20.5 Å². The monoisotopic (exact) mass is 405 g/mol. The van der Waals surface area contributed by atoms with Crippen molar-refractivity contribution in [3.05, 3.63) is 45.0 Å². The molecule has 3 rings (SSSR count). The lowest BCUT2D eigenvalue weighted by Gasteiger charge is -2.34. The van der Waals surface area contributed by atoms with Crippen molar-refractivity contribution in [2.24, 2.45) is 0 Å². The van der Waals surface area contributed by atoms with Gasteiger partial charge in [0.2, 0.25) is 0 Å². The van der Waals surface area contributed by atoms with E-state index in [0.29, 0.717) is 17.4 Å². The van der Waals surface area contributed by atoms with Gasteiger partial charge in [0.25, 0.3) is 11.6 Å². The molecule has 1 aromatic carbocycles. The van der Waals surface area contributed by atoms with Crippen LogP contribution in [0.25, 0.3) is 0 Å². The van der Waals surface area contributed by atoms with Crippen molar-refractivity contribution in [2.45, 2.75) is 32.6 Å². The minimum Gasteiger partial charge on any atom is -0.383 e. The normalized spacial score (nSPS) is 20.0. The molecule has 2 aromatic rings. The van der Waals surface area contributed by atoms with Crippen LogP contribution in [0, 0.1) is 10.1 Å². The largest absolute Gasteiger partial charge is 0.383 e. The summed E-state index contributed by atoms with van der Waals surface area (Å²) in [7, 11) is 1.59. The van der Waals surface area contributed by atoms with E-state index in [0.717, 1.165) is 18.8 Å². The first-order valence-electron chi connectivity index (χ1n) is 8.95. The fourth-order valence-electron chi connectivity index (χ4n) is 3.28. The van der Waals surface area contributed by atoms with E-state index in [4.69, 9.17) is 4.74 Å². The van der Waals surface area contributed by atoms with E-state index < -0.39 is 10.8 Å². The van der Waals surface area contributed by atoms with E-state index >= 15 is 0 Å². The first kappa shape index (κ1) is 20.2. The highest BCUT2D eigenvalue weighted by Gasteiger charge is 2.23. The van der Waals surface area contributed by atoms with Gasteiger partial charge in [-0.3, -0.25) is 25.1 Å². The molecular weight excluding hydrogens is 382 g/mol. The van der Waals surface area contributed by atoms with Gasteiger partial charge in [-0.05, 0) is 26.0 Å². The van der Waals surface area contributed by atoms with Crippen molar-refractivity contribution in [1.82, 2.24) is 9.88 Å². The molecule has 0 saturated carbocycles. The summed E-state index contributed by atoms with van der Waals surface area (Å²) >= 11 is 1.33. The van der Waals surface area contributed by atoms with Crippen molar-refractivity contribution >= 4 is 33.8 Å². The number of benzene rings is 1. The zero-order valence-corrected chi connectivity index (χ0v) is 16.8. The molecule has 1 aliphatic rings. The van der Waals surface area contributed by atoms with E-state index in [1.807, 2.05) is 19.2 Å². The number of nitro groups is 1. The SMILES string of the molecule is CNc1ccc(C(=O)Nc2nc(CN3C[C@@H](C)O[C@@H](C)C3)cs2)cc1[N+](=O)[O-]. The Hall–Kier alpha value is -2.56. The lowest BCUT2D eigenvalue weighted by Crippen LogP contribution is -2.44. The molecule has 0 bridgehead atoms. The number of morpholine rings is 1. The van der Waals surface area contributed by atoms with Crippen LogP contribution in [0.2, 0.25) is 0 Å². The Morgan fingerprint density at radius 2 is 2.11 bits per heavy atom. The number of carbonyl (C=O) groups excluding carboxylic acids is 1. The van der Waals surface area contributed by atoms with Crippen LogP contribution in [0.4, 0.5) is 16.5 Å². The van der Waals surface area contributed by atoms with Crippen molar-refractivity contribution in [2.75, 3.05) is 30.8 Å². The molecule has 0 spiro atoms. The van der Waals surface area contributed by atoms with Crippen LogP contribution < -0.4 is 10.6 Å². The standard InChI is InChI=1S/C18H23N5O4S/c1-11-7-22(8-12(2)27-11)9-14-10-28-18(20-14)21-17(24)13-4-5-15(19-3)16(6-13)23(25)26/h4-6,10-12,19H,7-9H2,1-3H3,(H,20,21,24)/t11-,12+. The molecule has 0 radical (unpaired) electrons. The Morgan fingerprint density at radius 1 is 1.39 bits per heavy atom. The quantitative estimate of drug-likeness (QED) is 0.562. The number of anilines is 2. The summed E-state index contributed by atoms with van der Waals surface area (Å²) in [6.07, 6.45) is 0.357. The number of carbonyl (C=O) groups is 1. The summed E-state index contributed by atoms with van der Waals surface area (Å²) in [5.74, 6) is -0.430. The molecule has 1 aromatic heterocycles. The summed E-state index contributed by atoms with van der Waals surface area (Å²) in [6.45, 7) is 6.46. The summed E-state index contributed by atoms with van der Waals surface area (Å²) in [4.78, 5) is 29.8. The average molecular weight is 405 g/mol. The predicted octanol–water partition coefficient (Wildman–Crippen LogP) is 2.95. The Bertz CT molecular complexity index is 861. The second kappa shape index (κ2) is 8.63. The van der Waals surface area contributed by atoms with Gasteiger partial charge in [0.05, 0.1) is 22.8 Å². The van der Waals surface area contributed by atoms with Crippen molar-refractivity contribution < 1.29 is 14.5 Å². The molecule has 28 heavy (non-hydrogen) atoms. The molecular formula is C18H23N5O4S. The minimum absolute atomic E-state index is 0.148. The average Bonchev–Trinajstić information content (AvgIpc) is 3.06. The first-order chi connectivity index (χ1) is 13.4. The van der Waals surface area contributed by atoms with E-state index in [9.17, 15) is 14.9 Å². The van der Waals surface area contributed by atoms with Crippen LogP contribution in [-0.2, 0) is 11.3 Å². The zero-order valence-electron chi connectivity index (χ0n) is 16.0. The van der Waals surface area contributed by atoms with Gasteiger partial charge in [0, 0.05) is 43.7 Å². The smallest absolute Gasteiger partial charge is 0.293 e. The summed E-state index contributed by atoms with van der Waals surface area (Å²) in [6, 6.07) is 4.31. The molecule has 0 aliphatic carbocycles. The molecule has 10 heteroatoms. The number of hydrogen-bond donors (Lipinski definition) is 2. The number of hydrogen-bond acceptors (Lipinski definition) is 8. The first-order valence-corrected chi connectivity index (χ1v) is 9.83. The van der Waals surface area contributed by atoms with Gasteiger partial charge in [0.15, 0.2) is 5.13 Å². The third-order valence-corrected chi connectivity index (χ3v) is 5.19. The molecule has 1 saturated heterocycles. The van der Waals surface area contributed by atoms with Crippen LogP contribution in [0.3, 0.4) is 0 Å². The fourth-order valence-corrected chi connectivity index (χ4v) is 3.98. The summed E-state index contributed by atoms with van der Waals surface area (Å²) in [5, 5.41) is 19.0. The van der Waals surface area contributed by atoms with Gasteiger partial charge in [-0.1, -0.05) is 0 Å². The highest BCUT2D eigenvalue weighted by Crippen LogP contribution is 2.26. The maximum atomic E-state index is 12.5. The maximum Gasteiger partial charge on any atom is 0.293 e. The van der Waals surface area contributed by atoms with E-state index in [-0.39, 0.29) is 23.5 Å². The van der Waals surface area contributed by atoms with Gasteiger partial charge in [-0.15, -0.1) is 11.3 Å². The molecule has 1 aliphatic heterocycles. The van der Waals surface area contributed by atoms with E-state index in [1.165, 1.54) is 23.5 Å². The minimum atomic E-state index is -0.519. The van der Waals surface area contributed by atoms with Crippen LogP contribution in [-0.4, -0.2) is 53.1 Å². The predicted molar refractivity (Wildman–Crippen MR) is 108 cm³/mol. The maximum absolute atomic E-state index is 12.5. The van der Waals surface area contributed by atoms with Crippen molar-refractivity contribution in [1.29, 1.82) is 0 Å². The summed E-state index contributed by atoms with van der Waals surface area (Å²) < 4.78 is 5.73. The van der Waals surface area contributed by atoms with Gasteiger partial charge in [-0.25, -0.2) is 4.98 Å². The Morgan fingerprint density at radius 3 is 2.75 bits per heavy atom. The number of rotatable bonds is 6. The summed E-state index contributed by atoms with van der Waals surface area (Å²) in [5.41, 5.74) is 1.29. The molecule has 0 unspecified atom stereocenters. The molecule has 2 N–H and O–H groups in total. The van der Waals surface area contributed by atoms with Crippen molar-refractivity contribution in [3.63, 3.8) is 0 Å². The molecule has 9 nitrogen and oxygen atoms in total. The molecule has 1 fully saturated rings. The third kappa shape index (κ3) is 4.83. The molecule has 1 amide bonds. The number of nitrogens with one attached hydrogen (secondary N) is 2. The molecule has 150 valence electrons. The number of ether oxygens (including phenoxy) is 1. The highest BCUT2D eigenvalue weighted by molar-refractivity contribution is 7.13. The van der Waals surface area contributed by atoms with Gasteiger partial charge >= 0.3 is 0 Å². The number of amides is 1. The van der Waals surface area contributed by atoms with Gasteiger partial charge < -0.3 is 10.1 Å². The topological polar surface area (TPSA) is 110 Å². The van der Waals surface area contributed by atoms with Crippen LogP contribution in [0.5, 0.6) is 0 Å². The van der Waals surface area contributed by atoms with Crippen LogP contribution >= 0.6 is 11.3 Å². The van der Waals surface area contributed by atoms with Crippen LogP contribution in [0.15, 0.2) is 23.6 Å². The van der Waals surface area contributed by atoms with Gasteiger partial charge in [-0.2, -0.15) is 0 Å². The third-order valence-electron chi connectivity index (χ3n) is 4.38. The lowest BCUT2D eigenvalue weighted by molar-refractivity contribution is -0.384. The Kier molecular flexibility index (Phi) is 6.22. The van der Waals surface area contributed by atoms with Crippen molar-refractivity contribution in [3.8, 4) is 0 Å². The second-order valence-electron chi connectivity index (χ2n) is 6.79. The zero-order chi connectivity index (χ0) is 20.3. The number of aromatic nitrogens is 1. The van der Waals surface area contributed by atoms with Crippen LogP contribution in [0.1, 0.15) is 29.9 Å². The lowest BCUT2D eigenvalue weighted by atomic mass is 10.1. The van der Waals surface area contributed by atoms with E-state index in [1.54, 1.807) is 13.1 Å². The van der Waals surface area contributed by atoms with Gasteiger partial charge in [0.1, 0.15) is 5.69 Å². The Balaban J connectivity index is 1.65. The second-order valence-corrected chi connectivity index (χ2v) is 7.65.